The van der Waals surface area contributed by atoms with Crippen LogP contribution in [-0.4, -0.2) is 57.6 Å². The Kier molecular flexibility index (Phi) is 6.30. The average Bonchev–Trinajstić information content (AvgIpc) is 2.96. The van der Waals surface area contributed by atoms with E-state index in [0.717, 1.165) is 37.0 Å². The number of aryl methyl sites for hydroxylation is 1. The van der Waals surface area contributed by atoms with Crippen molar-refractivity contribution in [1.82, 2.24) is 19.7 Å². The highest BCUT2D eigenvalue weighted by atomic mass is 16.5. The van der Waals surface area contributed by atoms with E-state index in [9.17, 15) is 0 Å². The predicted molar refractivity (Wildman–Crippen MR) is 90.9 cm³/mol. The molecule has 1 atom stereocenters. The molecular weight excluding hydrogens is 312 g/mol. The van der Waals surface area contributed by atoms with Crippen molar-refractivity contribution in [1.29, 1.82) is 0 Å². The van der Waals surface area contributed by atoms with Crippen molar-refractivity contribution in [2.24, 2.45) is 7.05 Å². The molecule has 1 aliphatic heterocycles. The van der Waals surface area contributed by atoms with Gasteiger partial charge in [-0.25, -0.2) is 0 Å². The second-order valence-electron chi connectivity index (χ2n) is 5.72. The Balaban J connectivity index is 0.000000647. The number of rotatable bonds is 4. The third-order valence-electron chi connectivity index (χ3n) is 4.01. The Labute approximate surface area is 140 Å². The molecule has 2 aromatic heterocycles. The molecule has 1 unspecified atom stereocenters. The molecule has 132 valence electrons. The molecule has 3 rings (SSSR count). The second kappa shape index (κ2) is 8.44. The minimum absolute atomic E-state index is 0.250. The number of nitrogens with zero attached hydrogens (tertiary/aromatic N) is 5. The summed E-state index contributed by atoms with van der Waals surface area (Å²) in [7, 11) is 3.84. The topological polar surface area (TPSA) is 119 Å². The lowest BCUT2D eigenvalue weighted by Crippen LogP contribution is -2.28. The largest absolute Gasteiger partial charge is 0.483 e. The molecule has 3 heterocycles. The summed E-state index contributed by atoms with van der Waals surface area (Å²) >= 11 is 0. The first-order valence-electron chi connectivity index (χ1n) is 7.92. The van der Waals surface area contributed by atoms with Crippen molar-refractivity contribution in [2.75, 3.05) is 30.8 Å². The molecule has 1 fully saturated rings. The summed E-state index contributed by atoms with van der Waals surface area (Å²) in [5.74, 6) is 1.11. The van der Waals surface area contributed by atoms with Crippen LogP contribution in [0.5, 0.6) is 0 Å². The van der Waals surface area contributed by atoms with Gasteiger partial charge in [-0.2, -0.15) is 15.1 Å². The van der Waals surface area contributed by atoms with E-state index >= 15 is 0 Å². The maximum absolute atomic E-state index is 8.36. The van der Waals surface area contributed by atoms with E-state index in [4.69, 9.17) is 20.4 Å². The van der Waals surface area contributed by atoms with Gasteiger partial charge in [0.05, 0.1) is 17.7 Å². The van der Waals surface area contributed by atoms with E-state index in [-0.39, 0.29) is 6.47 Å². The molecule has 9 heteroatoms. The standard InChI is InChI=1S/C14H22N6O.CH2O2/c1-19(7-6-10-5-3-4-8-21-10)14-17-12(15)11-9-16-20(2)13(11)18-14;2-1-3/h9-10H,3-8H2,1-2H3,(H2,15,17,18);1H,(H,2,3). The van der Waals surface area contributed by atoms with Crippen molar-refractivity contribution in [3.8, 4) is 0 Å². The van der Waals surface area contributed by atoms with Crippen LogP contribution in [0.3, 0.4) is 0 Å². The summed E-state index contributed by atoms with van der Waals surface area (Å²) in [4.78, 5) is 19.3. The van der Waals surface area contributed by atoms with Crippen LogP contribution in [0.2, 0.25) is 0 Å². The SMILES string of the molecule is CN(CCC1CCCCO1)c1nc(N)c2cnn(C)c2n1.O=CO. The van der Waals surface area contributed by atoms with Gasteiger partial charge < -0.3 is 20.5 Å². The third-order valence-corrected chi connectivity index (χ3v) is 4.01. The molecule has 3 N–H and O–H groups in total. The summed E-state index contributed by atoms with van der Waals surface area (Å²) in [6.07, 6.45) is 6.64. The quantitative estimate of drug-likeness (QED) is 0.795. The lowest BCUT2D eigenvalue weighted by Gasteiger charge is -2.25. The zero-order valence-electron chi connectivity index (χ0n) is 14.1. The van der Waals surface area contributed by atoms with E-state index in [0.29, 0.717) is 17.9 Å². The number of nitrogen functional groups attached to an aromatic ring is 1. The van der Waals surface area contributed by atoms with Gasteiger partial charge in [0.2, 0.25) is 5.95 Å². The van der Waals surface area contributed by atoms with Crippen molar-refractivity contribution in [3.63, 3.8) is 0 Å². The van der Waals surface area contributed by atoms with Gasteiger partial charge in [-0.3, -0.25) is 9.48 Å². The number of aromatic nitrogens is 4. The van der Waals surface area contributed by atoms with Crippen LogP contribution >= 0.6 is 0 Å². The Bertz CT molecular complexity index is 669. The lowest BCUT2D eigenvalue weighted by molar-refractivity contribution is -0.122. The van der Waals surface area contributed by atoms with Gasteiger partial charge in [-0.1, -0.05) is 0 Å². The van der Waals surface area contributed by atoms with E-state index in [2.05, 4.69) is 15.1 Å². The number of anilines is 2. The first-order chi connectivity index (χ1) is 11.6. The van der Waals surface area contributed by atoms with E-state index in [1.807, 2.05) is 19.0 Å². The molecule has 0 aliphatic carbocycles. The monoisotopic (exact) mass is 336 g/mol. The fourth-order valence-corrected chi connectivity index (χ4v) is 2.68. The van der Waals surface area contributed by atoms with Crippen molar-refractivity contribution in [2.45, 2.75) is 31.8 Å². The smallest absolute Gasteiger partial charge is 0.290 e. The van der Waals surface area contributed by atoms with Crippen LogP contribution in [0.15, 0.2) is 6.20 Å². The number of hydrogen-bond acceptors (Lipinski definition) is 7. The van der Waals surface area contributed by atoms with Crippen molar-refractivity contribution in [3.05, 3.63) is 6.20 Å². The molecule has 9 nitrogen and oxygen atoms in total. The van der Waals surface area contributed by atoms with Crippen molar-refractivity contribution < 1.29 is 14.6 Å². The first-order valence-corrected chi connectivity index (χ1v) is 7.92. The average molecular weight is 336 g/mol. The molecule has 2 aromatic rings. The summed E-state index contributed by atoms with van der Waals surface area (Å²) in [5.41, 5.74) is 6.75. The van der Waals surface area contributed by atoms with Gasteiger partial charge >= 0.3 is 0 Å². The van der Waals surface area contributed by atoms with Crippen LogP contribution in [0, 0.1) is 0 Å². The summed E-state index contributed by atoms with van der Waals surface area (Å²) in [6, 6.07) is 0. The number of ether oxygens (including phenoxy) is 1. The summed E-state index contributed by atoms with van der Waals surface area (Å²) < 4.78 is 7.48. The number of carbonyl (C=O) groups is 1. The van der Waals surface area contributed by atoms with E-state index < -0.39 is 0 Å². The van der Waals surface area contributed by atoms with Gasteiger partial charge in [0.1, 0.15) is 5.82 Å². The molecule has 24 heavy (non-hydrogen) atoms. The highest BCUT2D eigenvalue weighted by molar-refractivity contribution is 5.86. The minimum Gasteiger partial charge on any atom is -0.483 e. The van der Waals surface area contributed by atoms with Gasteiger partial charge in [0.15, 0.2) is 5.65 Å². The molecule has 0 spiro atoms. The molecule has 0 aromatic carbocycles. The number of nitrogens with two attached hydrogens (primary N) is 1. The van der Waals surface area contributed by atoms with Crippen molar-refractivity contribution >= 4 is 29.3 Å². The van der Waals surface area contributed by atoms with Crippen LogP contribution < -0.4 is 10.6 Å². The normalized spacial score (nSPS) is 17.2. The first kappa shape index (κ1) is 17.9. The highest BCUT2D eigenvalue weighted by Crippen LogP contribution is 2.21. The number of hydrogen-bond donors (Lipinski definition) is 2. The van der Waals surface area contributed by atoms with Crippen LogP contribution in [-0.2, 0) is 16.6 Å². The van der Waals surface area contributed by atoms with Crippen LogP contribution in [0.4, 0.5) is 11.8 Å². The van der Waals surface area contributed by atoms with Gasteiger partial charge in [0.25, 0.3) is 6.47 Å². The maximum Gasteiger partial charge on any atom is 0.290 e. The third kappa shape index (κ3) is 4.31. The fraction of sp³-hybridized carbons (Fsp3) is 0.600. The van der Waals surface area contributed by atoms with Gasteiger partial charge in [-0.15, -0.1) is 0 Å². The Morgan fingerprint density at radius 2 is 2.25 bits per heavy atom. The Morgan fingerprint density at radius 1 is 1.50 bits per heavy atom. The van der Waals surface area contributed by atoms with Crippen LogP contribution in [0.25, 0.3) is 11.0 Å². The number of fused-ring (bicyclic) bond motifs is 1. The van der Waals surface area contributed by atoms with Crippen LogP contribution in [0.1, 0.15) is 25.7 Å². The molecule has 0 amide bonds. The molecular formula is C15H24N6O3. The van der Waals surface area contributed by atoms with E-state index in [1.165, 1.54) is 12.8 Å². The van der Waals surface area contributed by atoms with Gasteiger partial charge in [0, 0.05) is 27.2 Å². The Morgan fingerprint density at radius 3 is 2.92 bits per heavy atom. The molecule has 0 saturated carbocycles. The number of carboxylic acid groups (broad SMARTS) is 1. The molecule has 0 radical (unpaired) electrons. The lowest BCUT2D eigenvalue weighted by atomic mass is 10.1. The fourth-order valence-electron chi connectivity index (χ4n) is 2.68. The van der Waals surface area contributed by atoms with E-state index in [1.54, 1.807) is 10.9 Å². The maximum atomic E-state index is 8.36. The molecule has 1 saturated heterocycles. The molecule has 0 bridgehead atoms. The predicted octanol–water partition coefficient (Wildman–Crippen LogP) is 1.04. The summed E-state index contributed by atoms with van der Waals surface area (Å²) in [5, 5.41) is 11.9. The molecule has 1 aliphatic rings. The Hall–Kier alpha value is -2.42. The minimum atomic E-state index is -0.250. The zero-order valence-corrected chi connectivity index (χ0v) is 14.1. The highest BCUT2D eigenvalue weighted by Gasteiger charge is 2.16. The summed E-state index contributed by atoms with van der Waals surface area (Å²) in [6.45, 7) is 1.49. The zero-order chi connectivity index (χ0) is 17.5. The van der Waals surface area contributed by atoms with Gasteiger partial charge in [-0.05, 0) is 25.7 Å². The second-order valence-corrected chi connectivity index (χ2v) is 5.72.